The van der Waals surface area contributed by atoms with Crippen molar-refractivity contribution in [3.8, 4) is 0 Å². The van der Waals surface area contributed by atoms with Crippen molar-refractivity contribution in [3.05, 3.63) is 64.5 Å². The number of benzene rings is 1. The van der Waals surface area contributed by atoms with Crippen LogP contribution in [-0.2, 0) is 6.42 Å². The average Bonchev–Trinajstić information content (AvgIpc) is 2.43. The number of anilines is 1. The molecule has 2 heteroatoms. The maximum absolute atomic E-state index is 4.54. The summed E-state index contributed by atoms with van der Waals surface area (Å²) in [6.45, 7) is 6.45. The zero-order chi connectivity index (χ0) is 14.1. The molecule has 1 heterocycles. The second-order valence-electron chi connectivity index (χ2n) is 5.57. The zero-order valence-electron chi connectivity index (χ0n) is 12.3. The number of aromatic nitrogens is 1. The van der Waals surface area contributed by atoms with Gasteiger partial charge in [0, 0.05) is 11.9 Å². The molecule has 0 aliphatic heterocycles. The van der Waals surface area contributed by atoms with E-state index in [1.165, 1.54) is 27.9 Å². The Kier molecular flexibility index (Phi) is 3.31. The number of aryl methyl sites for hydroxylation is 4. The van der Waals surface area contributed by atoms with Gasteiger partial charge in [-0.25, -0.2) is 0 Å². The third kappa shape index (κ3) is 2.34. The van der Waals surface area contributed by atoms with Crippen LogP contribution in [-0.4, -0.2) is 4.98 Å². The largest absolute Gasteiger partial charge is 0.354 e. The summed E-state index contributed by atoms with van der Waals surface area (Å²) in [7, 11) is 0. The van der Waals surface area contributed by atoms with Crippen molar-refractivity contribution in [2.45, 2.75) is 33.6 Å². The molecule has 1 N–H and O–H groups in total. The second kappa shape index (κ2) is 5.12. The summed E-state index contributed by atoms with van der Waals surface area (Å²) in [6.07, 6.45) is 6.29. The first kappa shape index (κ1) is 12.9. The molecule has 1 aromatic heterocycles. The fraction of sp³-hybridized carbons (Fsp3) is 0.278. The number of allylic oxidation sites excluding steroid dienone is 1. The Bertz CT molecular complexity index is 661. The van der Waals surface area contributed by atoms with Crippen molar-refractivity contribution in [1.29, 1.82) is 0 Å². The fourth-order valence-electron chi connectivity index (χ4n) is 2.97. The number of nitrogens with zero attached hydrogens (tertiary/aromatic N) is 1. The van der Waals surface area contributed by atoms with Gasteiger partial charge in [-0.2, -0.15) is 0 Å². The molecule has 0 spiro atoms. The number of hydrogen-bond acceptors (Lipinski definition) is 2. The van der Waals surface area contributed by atoms with Crippen LogP contribution in [0.3, 0.4) is 0 Å². The molecule has 2 aromatic rings. The molecule has 0 saturated heterocycles. The molecule has 1 aliphatic carbocycles. The molecule has 3 rings (SSSR count). The highest BCUT2D eigenvalue weighted by atomic mass is 14.9. The van der Waals surface area contributed by atoms with E-state index in [1.54, 1.807) is 0 Å². The Morgan fingerprint density at radius 2 is 1.85 bits per heavy atom. The summed E-state index contributed by atoms with van der Waals surface area (Å²) in [5.74, 6) is 0. The van der Waals surface area contributed by atoms with Gasteiger partial charge in [0.05, 0.1) is 11.4 Å². The molecule has 0 fully saturated rings. The molecule has 20 heavy (non-hydrogen) atoms. The van der Waals surface area contributed by atoms with E-state index in [-0.39, 0.29) is 0 Å². The highest BCUT2D eigenvalue weighted by Crippen LogP contribution is 2.29. The molecule has 0 atom stereocenters. The molecule has 0 saturated carbocycles. The minimum absolute atomic E-state index is 1.07. The summed E-state index contributed by atoms with van der Waals surface area (Å²) in [5, 5.41) is 3.60. The summed E-state index contributed by atoms with van der Waals surface area (Å²) >= 11 is 0. The van der Waals surface area contributed by atoms with Gasteiger partial charge in [-0.05, 0) is 56.4 Å². The molecule has 0 unspecified atom stereocenters. The number of fused-ring (bicyclic) bond motifs is 1. The lowest BCUT2D eigenvalue weighted by Gasteiger charge is -2.20. The van der Waals surface area contributed by atoms with E-state index in [0.29, 0.717) is 0 Å². The van der Waals surface area contributed by atoms with Gasteiger partial charge in [-0.15, -0.1) is 0 Å². The van der Waals surface area contributed by atoms with Gasteiger partial charge in [-0.1, -0.05) is 29.8 Å². The third-order valence-corrected chi connectivity index (χ3v) is 3.85. The predicted molar refractivity (Wildman–Crippen MR) is 84.8 cm³/mol. The molecule has 0 amide bonds. The second-order valence-corrected chi connectivity index (χ2v) is 5.57. The first-order valence-electron chi connectivity index (χ1n) is 7.14. The van der Waals surface area contributed by atoms with Crippen molar-refractivity contribution < 1.29 is 0 Å². The van der Waals surface area contributed by atoms with E-state index in [9.17, 15) is 0 Å². The van der Waals surface area contributed by atoms with E-state index in [2.05, 4.69) is 55.3 Å². The van der Waals surface area contributed by atoms with Crippen molar-refractivity contribution in [2.24, 2.45) is 0 Å². The standard InChI is InChI=1S/C18H20N2/c1-12-10-13(2)17(14(3)11-12)20-16-8-4-6-15-7-5-9-19-18(15)16/h5,7-11,20H,4,6H2,1-3H3. The molecule has 0 bridgehead atoms. The van der Waals surface area contributed by atoms with Crippen LogP contribution >= 0.6 is 0 Å². The number of pyridine rings is 1. The van der Waals surface area contributed by atoms with Crippen LogP contribution < -0.4 is 5.32 Å². The predicted octanol–water partition coefficient (Wildman–Crippen LogP) is 4.41. The topological polar surface area (TPSA) is 24.9 Å². The number of hydrogen-bond donors (Lipinski definition) is 1. The summed E-state index contributed by atoms with van der Waals surface area (Å²) < 4.78 is 0. The van der Waals surface area contributed by atoms with Gasteiger partial charge in [-0.3, -0.25) is 4.98 Å². The summed E-state index contributed by atoms with van der Waals surface area (Å²) in [4.78, 5) is 4.54. The zero-order valence-corrected chi connectivity index (χ0v) is 12.3. The highest BCUT2D eigenvalue weighted by molar-refractivity contribution is 5.80. The average molecular weight is 264 g/mol. The van der Waals surface area contributed by atoms with Crippen LogP contribution in [0.5, 0.6) is 0 Å². The van der Waals surface area contributed by atoms with Crippen LogP contribution in [0.25, 0.3) is 5.70 Å². The smallest absolute Gasteiger partial charge is 0.0893 e. The lowest BCUT2D eigenvalue weighted by Crippen LogP contribution is -2.10. The first-order chi connectivity index (χ1) is 9.65. The van der Waals surface area contributed by atoms with Crippen LogP contribution in [0, 0.1) is 20.8 Å². The molecular formula is C18H20N2. The van der Waals surface area contributed by atoms with E-state index < -0.39 is 0 Å². The Balaban J connectivity index is 1.99. The minimum Gasteiger partial charge on any atom is -0.354 e. The van der Waals surface area contributed by atoms with E-state index in [4.69, 9.17) is 0 Å². The van der Waals surface area contributed by atoms with Gasteiger partial charge in [0.1, 0.15) is 0 Å². The Morgan fingerprint density at radius 3 is 2.60 bits per heavy atom. The Morgan fingerprint density at radius 1 is 1.10 bits per heavy atom. The van der Waals surface area contributed by atoms with Crippen molar-refractivity contribution in [2.75, 3.05) is 5.32 Å². The maximum Gasteiger partial charge on any atom is 0.0893 e. The first-order valence-corrected chi connectivity index (χ1v) is 7.14. The number of rotatable bonds is 2. The van der Waals surface area contributed by atoms with Gasteiger partial charge in [0.15, 0.2) is 0 Å². The molecule has 0 radical (unpaired) electrons. The fourth-order valence-corrected chi connectivity index (χ4v) is 2.97. The molecular weight excluding hydrogens is 244 g/mol. The lowest BCUT2D eigenvalue weighted by atomic mass is 9.98. The molecule has 2 nitrogen and oxygen atoms in total. The van der Waals surface area contributed by atoms with Crippen LogP contribution in [0.1, 0.15) is 34.4 Å². The number of nitrogens with one attached hydrogen (secondary N) is 1. The molecule has 1 aromatic carbocycles. The highest BCUT2D eigenvalue weighted by Gasteiger charge is 2.15. The van der Waals surface area contributed by atoms with E-state index >= 15 is 0 Å². The quantitative estimate of drug-likeness (QED) is 0.869. The monoisotopic (exact) mass is 264 g/mol. The van der Waals surface area contributed by atoms with Crippen molar-refractivity contribution in [1.82, 2.24) is 4.98 Å². The van der Waals surface area contributed by atoms with Gasteiger partial charge < -0.3 is 5.32 Å². The Labute approximate surface area is 120 Å². The van der Waals surface area contributed by atoms with Gasteiger partial charge >= 0.3 is 0 Å². The summed E-state index contributed by atoms with van der Waals surface area (Å²) in [5.41, 5.74) is 8.65. The van der Waals surface area contributed by atoms with Crippen molar-refractivity contribution in [3.63, 3.8) is 0 Å². The summed E-state index contributed by atoms with van der Waals surface area (Å²) in [6, 6.07) is 8.63. The van der Waals surface area contributed by atoms with Crippen molar-refractivity contribution >= 4 is 11.4 Å². The van der Waals surface area contributed by atoms with Crippen LogP contribution in [0.2, 0.25) is 0 Å². The maximum atomic E-state index is 4.54. The lowest BCUT2D eigenvalue weighted by molar-refractivity contribution is 0.952. The SMILES string of the molecule is Cc1cc(C)c(NC2=CCCc3cccnc32)c(C)c1. The third-order valence-electron chi connectivity index (χ3n) is 3.85. The Hall–Kier alpha value is -2.09. The normalized spacial score (nSPS) is 13.7. The molecule has 1 aliphatic rings. The van der Waals surface area contributed by atoms with Gasteiger partial charge in [0.2, 0.25) is 0 Å². The molecule has 102 valence electrons. The van der Waals surface area contributed by atoms with Gasteiger partial charge in [0.25, 0.3) is 0 Å². The minimum atomic E-state index is 1.07. The van der Waals surface area contributed by atoms with E-state index in [0.717, 1.165) is 24.2 Å². The van der Waals surface area contributed by atoms with Crippen LogP contribution in [0.15, 0.2) is 36.5 Å². The van der Waals surface area contributed by atoms with E-state index in [1.807, 2.05) is 12.3 Å². The van der Waals surface area contributed by atoms with Crippen LogP contribution in [0.4, 0.5) is 5.69 Å².